The molecule has 1 heterocycles. The Hall–Kier alpha value is -1.10. The number of hydrogen-bond donors (Lipinski definition) is 2. The van der Waals surface area contributed by atoms with E-state index in [1.165, 1.54) is 4.90 Å². The highest BCUT2D eigenvalue weighted by atomic mass is 16.3. The number of aliphatic hydroxyl groups excluding tert-OH is 1. The third-order valence-electron chi connectivity index (χ3n) is 2.95. The van der Waals surface area contributed by atoms with Crippen LogP contribution in [0.5, 0.6) is 0 Å². The highest BCUT2D eigenvalue weighted by Crippen LogP contribution is 2.18. The number of nitrogens with zero attached hydrogens (tertiary/aromatic N) is 1. The summed E-state index contributed by atoms with van der Waals surface area (Å²) < 4.78 is 0. The second kappa shape index (κ2) is 4.18. The quantitative estimate of drug-likeness (QED) is 0.656. The zero-order chi connectivity index (χ0) is 11.6. The van der Waals surface area contributed by atoms with Gasteiger partial charge in [-0.2, -0.15) is 0 Å². The van der Waals surface area contributed by atoms with Crippen LogP contribution in [0, 0.1) is 5.92 Å². The zero-order valence-electron chi connectivity index (χ0n) is 9.41. The molecule has 0 bridgehead atoms. The summed E-state index contributed by atoms with van der Waals surface area (Å²) >= 11 is 0. The van der Waals surface area contributed by atoms with E-state index in [4.69, 9.17) is 5.11 Å². The smallest absolute Gasteiger partial charge is 0.228 e. The standard InChI is InChI=1S/C10H18N2O3/c1-10(2,6-13)12(3)9(15)7-4-8(14)11-5-7/h7,13H,4-6H2,1-3H3,(H,11,14). The van der Waals surface area contributed by atoms with Crippen LogP contribution in [0.15, 0.2) is 0 Å². The Labute approximate surface area is 89.4 Å². The summed E-state index contributed by atoms with van der Waals surface area (Å²) in [5.41, 5.74) is -0.581. The van der Waals surface area contributed by atoms with Gasteiger partial charge in [-0.1, -0.05) is 0 Å². The molecule has 1 fully saturated rings. The molecule has 5 nitrogen and oxygen atoms in total. The third kappa shape index (κ3) is 2.47. The van der Waals surface area contributed by atoms with Crippen LogP contribution >= 0.6 is 0 Å². The summed E-state index contributed by atoms with van der Waals surface area (Å²) in [6.45, 7) is 3.89. The van der Waals surface area contributed by atoms with Crippen LogP contribution in [-0.4, -0.2) is 47.6 Å². The van der Waals surface area contributed by atoms with E-state index in [-0.39, 0.29) is 30.8 Å². The summed E-state index contributed by atoms with van der Waals surface area (Å²) in [6, 6.07) is 0. The van der Waals surface area contributed by atoms with Crippen molar-refractivity contribution < 1.29 is 14.7 Å². The SMILES string of the molecule is CN(C(=O)C1CNC(=O)C1)C(C)(C)CO. The molecule has 15 heavy (non-hydrogen) atoms. The van der Waals surface area contributed by atoms with Gasteiger partial charge in [-0.15, -0.1) is 0 Å². The van der Waals surface area contributed by atoms with Crippen molar-refractivity contribution >= 4 is 11.8 Å². The van der Waals surface area contributed by atoms with E-state index in [2.05, 4.69) is 5.32 Å². The maximum atomic E-state index is 11.9. The van der Waals surface area contributed by atoms with Gasteiger partial charge in [0, 0.05) is 20.0 Å². The summed E-state index contributed by atoms with van der Waals surface area (Å²) in [6.07, 6.45) is 0.255. The Morgan fingerprint density at radius 2 is 2.27 bits per heavy atom. The number of carbonyl (C=O) groups is 2. The average molecular weight is 214 g/mol. The van der Waals surface area contributed by atoms with E-state index in [1.807, 2.05) is 0 Å². The fraction of sp³-hybridized carbons (Fsp3) is 0.800. The topological polar surface area (TPSA) is 69.6 Å². The molecular formula is C10H18N2O3. The molecule has 2 amide bonds. The van der Waals surface area contributed by atoms with Crippen LogP contribution in [-0.2, 0) is 9.59 Å². The molecule has 0 saturated carbocycles. The van der Waals surface area contributed by atoms with Crippen molar-refractivity contribution in [2.75, 3.05) is 20.2 Å². The van der Waals surface area contributed by atoms with E-state index >= 15 is 0 Å². The van der Waals surface area contributed by atoms with Crippen molar-refractivity contribution in [2.24, 2.45) is 5.92 Å². The molecule has 2 N–H and O–H groups in total. The lowest BCUT2D eigenvalue weighted by molar-refractivity contribution is -0.140. The summed E-state index contributed by atoms with van der Waals surface area (Å²) in [5, 5.41) is 11.8. The largest absolute Gasteiger partial charge is 0.394 e. The molecular weight excluding hydrogens is 196 g/mol. The molecule has 0 aromatic carbocycles. The zero-order valence-corrected chi connectivity index (χ0v) is 9.41. The van der Waals surface area contributed by atoms with Crippen LogP contribution in [0.1, 0.15) is 20.3 Å². The van der Waals surface area contributed by atoms with Crippen molar-refractivity contribution in [2.45, 2.75) is 25.8 Å². The number of aliphatic hydroxyl groups is 1. The molecule has 1 rings (SSSR count). The predicted molar refractivity (Wildman–Crippen MR) is 55.1 cm³/mol. The molecule has 5 heteroatoms. The van der Waals surface area contributed by atoms with Gasteiger partial charge in [-0.25, -0.2) is 0 Å². The first-order valence-electron chi connectivity index (χ1n) is 5.03. The Bertz CT molecular complexity index is 276. The normalized spacial score (nSPS) is 21.3. The maximum absolute atomic E-state index is 11.9. The van der Waals surface area contributed by atoms with E-state index in [0.717, 1.165) is 0 Å². The van der Waals surface area contributed by atoms with Crippen LogP contribution in [0.4, 0.5) is 0 Å². The summed E-state index contributed by atoms with van der Waals surface area (Å²) in [7, 11) is 1.65. The minimum absolute atomic E-state index is 0.0800. The molecule has 0 aliphatic carbocycles. The third-order valence-corrected chi connectivity index (χ3v) is 2.95. The van der Waals surface area contributed by atoms with Gasteiger partial charge in [0.25, 0.3) is 0 Å². The number of nitrogens with one attached hydrogen (secondary N) is 1. The van der Waals surface area contributed by atoms with Gasteiger partial charge >= 0.3 is 0 Å². The van der Waals surface area contributed by atoms with Crippen LogP contribution in [0.25, 0.3) is 0 Å². The van der Waals surface area contributed by atoms with E-state index in [1.54, 1.807) is 20.9 Å². The first-order chi connectivity index (χ1) is 6.88. The lowest BCUT2D eigenvalue weighted by atomic mass is 10.0. The number of hydrogen-bond acceptors (Lipinski definition) is 3. The predicted octanol–water partition coefficient (Wildman–Crippen LogP) is -0.648. The van der Waals surface area contributed by atoms with Crippen molar-refractivity contribution in [3.63, 3.8) is 0 Å². The van der Waals surface area contributed by atoms with Crippen LogP contribution in [0.3, 0.4) is 0 Å². The minimum atomic E-state index is -0.581. The first kappa shape index (κ1) is 12.0. The maximum Gasteiger partial charge on any atom is 0.228 e. The molecule has 0 aromatic rings. The van der Waals surface area contributed by atoms with Gasteiger partial charge in [0.2, 0.25) is 11.8 Å². The summed E-state index contributed by atoms with van der Waals surface area (Å²) in [5.74, 6) is -0.454. The lowest BCUT2D eigenvalue weighted by Crippen LogP contribution is -2.50. The molecule has 0 aromatic heterocycles. The Morgan fingerprint density at radius 3 is 2.67 bits per heavy atom. The van der Waals surface area contributed by atoms with Crippen LogP contribution < -0.4 is 5.32 Å². The Kier molecular flexibility index (Phi) is 3.34. The number of rotatable bonds is 3. The van der Waals surface area contributed by atoms with Gasteiger partial charge in [-0.05, 0) is 13.8 Å². The Morgan fingerprint density at radius 1 is 1.67 bits per heavy atom. The van der Waals surface area contributed by atoms with E-state index in [0.29, 0.717) is 6.54 Å². The van der Waals surface area contributed by atoms with E-state index < -0.39 is 5.54 Å². The monoisotopic (exact) mass is 214 g/mol. The molecule has 1 aliphatic heterocycles. The van der Waals surface area contributed by atoms with Gasteiger partial charge in [0.1, 0.15) is 0 Å². The Balaban J connectivity index is 2.64. The number of likely N-dealkylation sites (N-methyl/N-ethyl adjacent to an activating group) is 1. The minimum Gasteiger partial charge on any atom is -0.394 e. The van der Waals surface area contributed by atoms with Gasteiger partial charge < -0.3 is 15.3 Å². The molecule has 0 spiro atoms. The van der Waals surface area contributed by atoms with Crippen molar-refractivity contribution in [3.05, 3.63) is 0 Å². The van der Waals surface area contributed by atoms with E-state index in [9.17, 15) is 9.59 Å². The molecule has 1 unspecified atom stereocenters. The molecule has 1 aliphatic rings. The van der Waals surface area contributed by atoms with Crippen molar-refractivity contribution in [1.82, 2.24) is 10.2 Å². The second-order valence-electron chi connectivity index (χ2n) is 4.57. The van der Waals surface area contributed by atoms with Gasteiger partial charge in [-0.3, -0.25) is 9.59 Å². The average Bonchev–Trinajstić information content (AvgIpc) is 2.62. The lowest BCUT2D eigenvalue weighted by Gasteiger charge is -2.35. The van der Waals surface area contributed by atoms with Gasteiger partial charge in [0.05, 0.1) is 18.1 Å². The fourth-order valence-corrected chi connectivity index (χ4v) is 1.46. The highest BCUT2D eigenvalue weighted by Gasteiger charge is 2.35. The first-order valence-corrected chi connectivity index (χ1v) is 5.03. The number of carbonyl (C=O) groups excluding carboxylic acids is 2. The molecule has 1 saturated heterocycles. The molecule has 86 valence electrons. The van der Waals surface area contributed by atoms with Crippen molar-refractivity contribution in [1.29, 1.82) is 0 Å². The molecule has 1 atom stereocenters. The van der Waals surface area contributed by atoms with Crippen LogP contribution in [0.2, 0.25) is 0 Å². The van der Waals surface area contributed by atoms with Gasteiger partial charge in [0.15, 0.2) is 0 Å². The highest BCUT2D eigenvalue weighted by molar-refractivity contribution is 5.89. The fourth-order valence-electron chi connectivity index (χ4n) is 1.46. The van der Waals surface area contributed by atoms with Crippen molar-refractivity contribution in [3.8, 4) is 0 Å². The molecule has 0 radical (unpaired) electrons. The number of amides is 2. The second-order valence-corrected chi connectivity index (χ2v) is 4.57. The summed E-state index contributed by atoms with van der Waals surface area (Å²) in [4.78, 5) is 24.4.